The average Bonchev–Trinajstić information content (AvgIpc) is 3.27. The first kappa shape index (κ1) is 21.9. The maximum atomic E-state index is 13.5. The molecule has 9 heteroatoms. The summed E-state index contributed by atoms with van der Waals surface area (Å²) < 4.78 is 18.8. The molecule has 32 heavy (non-hydrogen) atoms. The summed E-state index contributed by atoms with van der Waals surface area (Å²) in [7, 11) is 0. The van der Waals surface area contributed by atoms with E-state index in [0.29, 0.717) is 6.04 Å². The molecule has 3 saturated carbocycles. The van der Waals surface area contributed by atoms with Crippen molar-refractivity contribution in [3.63, 3.8) is 0 Å². The van der Waals surface area contributed by atoms with Gasteiger partial charge in [0.15, 0.2) is 6.61 Å². The van der Waals surface area contributed by atoms with Crippen LogP contribution in [0.4, 0.5) is 4.39 Å². The number of halogens is 2. The number of carbonyl (C=O) groups excluding carboxylic acids is 2. The van der Waals surface area contributed by atoms with Crippen LogP contribution < -0.4 is 20.7 Å². The van der Waals surface area contributed by atoms with E-state index in [0.717, 1.165) is 57.8 Å². The van der Waals surface area contributed by atoms with Crippen molar-refractivity contribution in [3.05, 3.63) is 29.0 Å². The van der Waals surface area contributed by atoms with E-state index in [1.807, 2.05) is 0 Å². The number of nitrogens with zero attached hydrogens (tertiary/aromatic N) is 1. The maximum Gasteiger partial charge on any atom is 0.258 e. The molecule has 1 aromatic rings. The quantitative estimate of drug-likeness (QED) is 0.575. The normalized spacial score (nSPS) is 33.7. The van der Waals surface area contributed by atoms with Gasteiger partial charge in [0.2, 0.25) is 5.91 Å². The van der Waals surface area contributed by atoms with Crippen LogP contribution >= 0.6 is 11.6 Å². The summed E-state index contributed by atoms with van der Waals surface area (Å²) >= 11 is 5.65. The van der Waals surface area contributed by atoms with E-state index in [-0.39, 0.29) is 46.3 Å². The molecule has 7 nitrogen and oxygen atoms in total. The first-order valence-electron chi connectivity index (χ1n) is 11.5. The topological polar surface area (TPSA) is 82.7 Å². The van der Waals surface area contributed by atoms with E-state index in [1.165, 1.54) is 25.0 Å². The molecule has 0 spiro atoms. The largest absolute Gasteiger partial charge is 0.484 e. The van der Waals surface area contributed by atoms with Gasteiger partial charge in [-0.05, 0) is 76.7 Å². The molecule has 0 radical (unpaired) electrons. The highest BCUT2D eigenvalue weighted by molar-refractivity contribution is 6.30. The number of rotatable bonds is 7. The maximum absolute atomic E-state index is 13.5. The molecule has 1 aromatic carbocycles. The lowest BCUT2D eigenvalue weighted by atomic mass is 9.44. The van der Waals surface area contributed by atoms with Gasteiger partial charge in [0.05, 0.1) is 11.1 Å². The summed E-state index contributed by atoms with van der Waals surface area (Å²) in [5, 5.41) is 9.66. The average molecular weight is 465 g/mol. The molecule has 5 aliphatic rings. The molecule has 174 valence electrons. The van der Waals surface area contributed by atoms with Gasteiger partial charge in [-0.25, -0.2) is 4.39 Å². The molecular weight excluding hydrogens is 435 g/mol. The number of hydrogen-bond acceptors (Lipinski definition) is 5. The molecule has 3 N–H and O–H groups in total. The number of carbonyl (C=O) groups is 2. The second kappa shape index (κ2) is 8.47. The van der Waals surface area contributed by atoms with Gasteiger partial charge in [0.25, 0.3) is 5.91 Å². The highest BCUT2D eigenvalue weighted by Gasteiger charge is 2.69. The van der Waals surface area contributed by atoms with Gasteiger partial charge in [-0.15, -0.1) is 0 Å². The number of piperidine rings is 1. The zero-order valence-corrected chi connectivity index (χ0v) is 18.8. The lowest BCUT2D eigenvalue weighted by Gasteiger charge is -2.70. The number of nitrogens with one attached hydrogen (secondary N) is 3. The van der Waals surface area contributed by atoms with E-state index >= 15 is 0 Å². The van der Waals surface area contributed by atoms with Gasteiger partial charge in [0.1, 0.15) is 11.6 Å². The number of amides is 2. The van der Waals surface area contributed by atoms with Crippen LogP contribution in [0.15, 0.2) is 18.2 Å². The Bertz CT molecular complexity index is 887. The Kier molecular flexibility index (Phi) is 5.80. The molecule has 2 bridgehead atoms. The third-order valence-corrected chi connectivity index (χ3v) is 7.74. The van der Waals surface area contributed by atoms with E-state index in [2.05, 4.69) is 20.9 Å². The summed E-state index contributed by atoms with van der Waals surface area (Å²) in [6.07, 6.45) is 6.74. The van der Waals surface area contributed by atoms with Crippen molar-refractivity contribution < 1.29 is 18.7 Å². The summed E-state index contributed by atoms with van der Waals surface area (Å²) in [4.78, 5) is 27.7. The van der Waals surface area contributed by atoms with Crippen LogP contribution in [0.25, 0.3) is 0 Å². The van der Waals surface area contributed by atoms with Crippen molar-refractivity contribution in [1.82, 2.24) is 20.9 Å². The van der Waals surface area contributed by atoms with E-state index in [9.17, 15) is 14.0 Å². The van der Waals surface area contributed by atoms with Crippen LogP contribution in [0, 0.1) is 5.82 Å². The molecule has 2 saturated heterocycles. The highest BCUT2D eigenvalue weighted by Crippen LogP contribution is 2.60. The molecule has 0 aromatic heterocycles. The summed E-state index contributed by atoms with van der Waals surface area (Å²) in [5.74, 6) is -0.486. The fourth-order valence-electron chi connectivity index (χ4n) is 5.98. The summed E-state index contributed by atoms with van der Waals surface area (Å²) in [5.41, 5.74) is -0.441. The number of benzene rings is 1. The zero-order chi connectivity index (χ0) is 22.3. The lowest BCUT2D eigenvalue weighted by molar-refractivity contribution is -0.152. The molecular formula is C23H30ClFN4O3. The number of likely N-dealkylation sites (tertiary alicyclic amines) is 1. The van der Waals surface area contributed by atoms with E-state index in [4.69, 9.17) is 16.3 Å². The Morgan fingerprint density at radius 3 is 2.62 bits per heavy atom. The number of ether oxygens (including phenoxy) is 1. The van der Waals surface area contributed by atoms with Gasteiger partial charge < -0.3 is 25.6 Å². The van der Waals surface area contributed by atoms with Crippen molar-refractivity contribution in [3.8, 4) is 5.75 Å². The smallest absolute Gasteiger partial charge is 0.258 e. The van der Waals surface area contributed by atoms with Gasteiger partial charge in [0, 0.05) is 23.2 Å². The Hall–Kier alpha value is -1.90. The minimum atomic E-state index is -0.583. The van der Waals surface area contributed by atoms with E-state index in [1.54, 1.807) is 0 Å². The second-order valence-electron chi connectivity index (χ2n) is 9.92. The Balaban J connectivity index is 1.05. The predicted molar refractivity (Wildman–Crippen MR) is 118 cm³/mol. The monoisotopic (exact) mass is 464 g/mol. The zero-order valence-electron chi connectivity index (χ0n) is 18.1. The second-order valence-corrected chi connectivity index (χ2v) is 10.3. The van der Waals surface area contributed by atoms with Crippen molar-refractivity contribution in [2.75, 3.05) is 26.2 Å². The van der Waals surface area contributed by atoms with Gasteiger partial charge in [-0.2, -0.15) is 0 Å². The lowest BCUT2D eigenvalue weighted by Crippen LogP contribution is -2.84. The summed E-state index contributed by atoms with van der Waals surface area (Å²) in [6, 6.07) is 4.45. The van der Waals surface area contributed by atoms with Gasteiger partial charge >= 0.3 is 0 Å². The van der Waals surface area contributed by atoms with Crippen molar-refractivity contribution in [2.45, 2.75) is 68.1 Å². The molecule has 2 atom stereocenters. The first-order valence-corrected chi connectivity index (χ1v) is 11.9. The fraction of sp³-hybridized carbons (Fsp3) is 0.652. The molecule has 3 aliphatic carbocycles. The van der Waals surface area contributed by atoms with Gasteiger partial charge in [-0.3, -0.25) is 9.59 Å². The fourth-order valence-corrected chi connectivity index (χ4v) is 6.10. The van der Waals surface area contributed by atoms with Crippen LogP contribution in [0.3, 0.4) is 0 Å². The van der Waals surface area contributed by atoms with E-state index < -0.39 is 5.82 Å². The van der Waals surface area contributed by atoms with Crippen LogP contribution in [0.5, 0.6) is 5.75 Å². The third-order valence-electron chi connectivity index (χ3n) is 7.43. The molecule has 2 unspecified atom stereocenters. The number of hydrogen-bond donors (Lipinski definition) is 3. The molecule has 6 rings (SSSR count). The van der Waals surface area contributed by atoms with Crippen molar-refractivity contribution in [1.29, 1.82) is 0 Å². The van der Waals surface area contributed by atoms with Crippen LogP contribution in [-0.4, -0.2) is 66.1 Å². The molecule has 5 fully saturated rings. The Labute approximate surface area is 192 Å². The predicted octanol–water partition coefficient (Wildman–Crippen LogP) is 1.98. The SMILES string of the molecule is O=C(COc1ccc(Cl)c(F)c1)NC12CC(NC(=O)C3CC(N4CCCC4)CCN3)(C1)C2. The van der Waals surface area contributed by atoms with Crippen molar-refractivity contribution >= 4 is 23.4 Å². The molecule has 2 amide bonds. The molecule has 2 aliphatic heterocycles. The summed E-state index contributed by atoms with van der Waals surface area (Å²) in [6.45, 7) is 3.00. The Morgan fingerprint density at radius 1 is 1.19 bits per heavy atom. The molecule has 2 heterocycles. The van der Waals surface area contributed by atoms with Crippen LogP contribution in [-0.2, 0) is 9.59 Å². The Morgan fingerprint density at radius 2 is 1.91 bits per heavy atom. The van der Waals surface area contributed by atoms with Crippen LogP contribution in [0.1, 0.15) is 44.9 Å². The third kappa shape index (κ3) is 4.32. The standard InChI is InChI=1S/C23H30ClFN4O3/c24-17-4-3-16(10-18(17)25)32-11-20(30)27-22-12-23(13-22,14-22)28-21(31)19-9-15(5-6-26-19)29-7-1-2-8-29/h3-4,10,15,19,26H,1-2,5-9,11-14H2,(H,27,30)(H,28,31). The van der Waals surface area contributed by atoms with Crippen LogP contribution in [0.2, 0.25) is 5.02 Å². The van der Waals surface area contributed by atoms with Crippen molar-refractivity contribution in [2.24, 2.45) is 0 Å². The highest BCUT2D eigenvalue weighted by atomic mass is 35.5. The minimum Gasteiger partial charge on any atom is -0.484 e. The first-order chi connectivity index (χ1) is 15.4. The van der Waals surface area contributed by atoms with Gasteiger partial charge in [-0.1, -0.05) is 11.6 Å². The minimum absolute atomic E-state index is 0.0120.